The smallest absolute Gasteiger partial charge is 0.255 e. The van der Waals surface area contributed by atoms with Crippen LogP contribution in [0.5, 0.6) is 0 Å². The van der Waals surface area contributed by atoms with Crippen molar-refractivity contribution in [2.75, 3.05) is 43.4 Å². The SMILES string of the molecule is Cc1cc(NC(=O)c2ccc(F)c(F)c2)ccc1N1CCN(C)CC1. The number of rotatable bonds is 3. The fraction of sp³-hybridized carbons (Fsp3) is 0.316. The molecule has 25 heavy (non-hydrogen) atoms. The number of likely N-dealkylation sites (N-methyl/N-ethyl adjacent to an activating group) is 1. The van der Waals surface area contributed by atoms with Gasteiger partial charge in [0.2, 0.25) is 0 Å². The summed E-state index contributed by atoms with van der Waals surface area (Å²) in [6.45, 7) is 5.98. The number of amides is 1. The number of carbonyl (C=O) groups excluding carboxylic acids is 1. The van der Waals surface area contributed by atoms with E-state index in [0.29, 0.717) is 5.69 Å². The number of benzene rings is 2. The largest absolute Gasteiger partial charge is 0.369 e. The zero-order valence-corrected chi connectivity index (χ0v) is 14.4. The summed E-state index contributed by atoms with van der Waals surface area (Å²) < 4.78 is 26.2. The third-order valence-electron chi connectivity index (χ3n) is 4.48. The van der Waals surface area contributed by atoms with Gasteiger partial charge in [0.15, 0.2) is 11.6 Å². The quantitative estimate of drug-likeness (QED) is 0.927. The molecule has 1 aliphatic rings. The first-order valence-corrected chi connectivity index (χ1v) is 8.24. The predicted molar refractivity (Wildman–Crippen MR) is 95.2 cm³/mol. The molecule has 1 heterocycles. The Balaban J connectivity index is 1.72. The van der Waals surface area contributed by atoms with Crippen molar-refractivity contribution >= 4 is 17.3 Å². The number of piperazine rings is 1. The Bertz CT molecular complexity index is 786. The van der Waals surface area contributed by atoms with E-state index in [1.807, 2.05) is 25.1 Å². The maximum atomic E-state index is 13.3. The van der Waals surface area contributed by atoms with Crippen molar-refractivity contribution in [1.82, 2.24) is 4.90 Å². The zero-order valence-electron chi connectivity index (χ0n) is 14.4. The standard InChI is InChI=1S/C19H21F2N3O/c1-13-11-15(4-6-18(13)24-9-7-23(2)8-10-24)22-19(25)14-3-5-16(20)17(21)12-14/h3-6,11-12H,7-10H2,1-2H3,(H,22,25). The molecule has 2 aromatic carbocycles. The molecule has 132 valence electrons. The molecule has 1 N–H and O–H groups in total. The Hall–Kier alpha value is -2.47. The Kier molecular flexibility index (Phi) is 4.99. The monoisotopic (exact) mass is 345 g/mol. The van der Waals surface area contributed by atoms with Crippen LogP contribution in [-0.2, 0) is 0 Å². The Morgan fingerprint density at radius 3 is 2.36 bits per heavy atom. The zero-order chi connectivity index (χ0) is 18.0. The number of hydrogen-bond donors (Lipinski definition) is 1. The van der Waals surface area contributed by atoms with Gasteiger partial charge in [-0.2, -0.15) is 0 Å². The van der Waals surface area contributed by atoms with Crippen LogP contribution >= 0.6 is 0 Å². The Morgan fingerprint density at radius 2 is 1.72 bits per heavy atom. The van der Waals surface area contributed by atoms with E-state index in [9.17, 15) is 13.6 Å². The highest BCUT2D eigenvalue weighted by atomic mass is 19.2. The minimum absolute atomic E-state index is 0.0831. The molecule has 0 aliphatic carbocycles. The molecule has 2 aromatic rings. The molecule has 1 amide bonds. The first-order valence-electron chi connectivity index (χ1n) is 8.24. The molecule has 1 aliphatic heterocycles. The van der Waals surface area contributed by atoms with E-state index in [0.717, 1.165) is 49.6 Å². The van der Waals surface area contributed by atoms with E-state index < -0.39 is 17.5 Å². The van der Waals surface area contributed by atoms with Crippen LogP contribution in [0.25, 0.3) is 0 Å². The summed E-state index contributed by atoms with van der Waals surface area (Å²) in [7, 11) is 2.11. The van der Waals surface area contributed by atoms with Crippen LogP contribution in [-0.4, -0.2) is 44.0 Å². The highest BCUT2D eigenvalue weighted by Gasteiger charge is 2.16. The highest BCUT2D eigenvalue weighted by molar-refractivity contribution is 6.04. The van der Waals surface area contributed by atoms with Crippen molar-refractivity contribution in [3.63, 3.8) is 0 Å². The van der Waals surface area contributed by atoms with Gasteiger partial charge in [-0.3, -0.25) is 4.79 Å². The Morgan fingerprint density at radius 1 is 1.00 bits per heavy atom. The maximum Gasteiger partial charge on any atom is 0.255 e. The molecule has 1 saturated heterocycles. The first kappa shape index (κ1) is 17.4. The topological polar surface area (TPSA) is 35.6 Å². The molecule has 1 fully saturated rings. The molecular weight excluding hydrogens is 324 g/mol. The van der Waals surface area contributed by atoms with Crippen molar-refractivity contribution < 1.29 is 13.6 Å². The lowest BCUT2D eigenvalue weighted by molar-refractivity contribution is 0.102. The molecule has 4 nitrogen and oxygen atoms in total. The first-order chi connectivity index (χ1) is 11.9. The van der Waals surface area contributed by atoms with Gasteiger partial charge in [-0.05, 0) is 55.9 Å². The van der Waals surface area contributed by atoms with Crippen LogP contribution < -0.4 is 10.2 Å². The van der Waals surface area contributed by atoms with E-state index in [2.05, 4.69) is 22.2 Å². The van der Waals surface area contributed by atoms with E-state index >= 15 is 0 Å². The second-order valence-electron chi connectivity index (χ2n) is 6.37. The van der Waals surface area contributed by atoms with Gasteiger partial charge in [0.1, 0.15) is 0 Å². The van der Waals surface area contributed by atoms with Gasteiger partial charge in [0, 0.05) is 43.1 Å². The van der Waals surface area contributed by atoms with Crippen LogP contribution in [0, 0.1) is 18.6 Å². The third kappa shape index (κ3) is 3.96. The Labute approximate surface area is 146 Å². The van der Waals surface area contributed by atoms with Crippen molar-refractivity contribution in [3.8, 4) is 0 Å². The van der Waals surface area contributed by atoms with Crippen LogP contribution in [0.2, 0.25) is 0 Å². The summed E-state index contributed by atoms with van der Waals surface area (Å²) in [5.74, 6) is -2.47. The number of carbonyl (C=O) groups is 1. The lowest BCUT2D eigenvalue weighted by Crippen LogP contribution is -2.44. The van der Waals surface area contributed by atoms with E-state index in [4.69, 9.17) is 0 Å². The van der Waals surface area contributed by atoms with Gasteiger partial charge in [0.25, 0.3) is 5.91 Å². The van der Waals surface area contributed by atoms with Crippen molar-refractivity contribution in [2.24, 2.45) is 0 Å². The summed E-state index contributed by atoms with van der Waals surface area (Å²) in [4.78, 5) is 16.8. The van der Waals surface area contributed by atoms with E-state index in [1.165, 1.54) is 6.07 Å². The minimum atomic E-state index is -1.03. The molecule has 0 aromatic heterocycles. The number of aryl methyl sites for hydroxylation is 1. The molecule has 0 saturated carbocycles. The number of hydrogen-bond acceptors (Lipinski definition) is 3. The van der Waals surface area contributed by atoms with Crippen LogP contribution in [0.1, 0.15) is 15.9 Å². The molecule has 0 unspecified atom stereocenters. The highest BCUT2D eigenvalue weighted by Crippen LogP contribution is 2.25. The second kappa shape index (κ2) is 7.19. The molecule has 0 atom stereocenters. The van der Waals surface area contributed by atoms with Gasteiger partial charge in [-0.25, -0.2) is 8.78 Å². The van der Waals surface area contributed by atoms with Crippen molar-refractivity contribution in [2.45, 2.75) is 6.92 Å². The van der Waals surface area contributed by atoms with Gasteiger partial charge >= 0.3 is 0 Å². The second-order valence-corrected chi connectivity index (χ2v) is 6.37. The van der Waals surface area contributed by atoms with Gasteiger partial charge in [-0.15, -0.1) is 0 Å². The summed E-state index contributed by atoms with van der Waals surface area (Å²) in [5, 5.41) is 2.73. The average molecular weight is 345 g/mol. The fourth-order valence-electron chi connectivity index (χ4n) is 2.98. The van der Waals surface area contributed by atoms with Gasteiger partial charge < -0.3 is 15.1 Å². The van der Waals surface area contributed by atoms with Crippen LogP contribution in [0.15, 0.2) is 36.4 Å². The molecular formula is C19H21F2N3O. The van der Waals surface area contributed by atoms with Crippen molar-refractivity contribution in [3.05, 3.63) is 59.2 Å². The number of halogens is 2. The molecule has 6 heteroatoms. The number of nitrogens with zero attached hydrogens (tertiary/aromatic N) is 2. The van der Waals surface area contributed by atoms with E-state index in [-0.39, 0.29) is 5.56 Å². The van der Waals surface area contributed by atoms with Crippen LogP contribution in [0.3, 0.4) is 0 Å². The van der Waals surface area contributed by atoms with Gasteiger partial charge in [-0.1, -0.05) is 0 Å². The summed E-state index contributed by atoms with van der Waals surface area (Å²) in [5.41, 5.74) is 2.93. The minimum Gasteiger partial charge on any atom is -0.369 e. The lowest BCUT2D eigenvalue weighted by atomic mass is 10.1. The predicted octanol–water partition coefficient (Wildman–Crippen LogP) is 3.28. The molecule has 0 spiro atoms. The maximum absolute atomic E-state index is 13.3. The number of anilines is 2. The fourth-order valence-corrected chi connectivity index (χ4v) is 2.98. The van der Waals surface area contributed by atoms with Crippen molar-refractivity contribution in [1.29, 1.82) is 0 Å². The summed E-state index contributed by atoms with van der Waals surface area (Å²) >= 11 is 0. The lowest BCUT2D eigenvalue weighted by Gasteiger charge is -2.35. The average Bonchev–Trinajstić information content (AvgIpc) is 2.58. The molecule has 0 bridgehead atoms. The molecule has 3 rings (SSSR count). The normalized spacial score (nSPS) is 15.3. The summed E-state index contributed by atoms with van der Waals surface area (Å²) in [6, 6.07) is 8.83. The van der Waals surface area contributed by atoms with Gasteiger partial charge in [0.05, 0.1) is 0 Å². The van der Waals surface area contributed by atoms with Crippen LogP contribution in [0.4, 0.5) is 20.2 Å². The number of nitrogens with one attached hydrogen (secondary N) is 1. The van der Waals surface area contributed by atoms with E-state index in [1.54, 1.807) is 0 Å². The summed E-state index contributed by atoms with van der Waals surface area (Å²) in [6.07, 6.45) is 0. The molecule has 0 radical (unpaired) electrons. The third-order valence-corrected chi connectivity index (χ3v) is 4.48.